The van der Waals surface area contributed by atoms with Crippen LogP contribution in [0.15, 0.2) is 24.3 Å². The molecule has 2 aromatic heterocycles. The van der Waals surface area contributed by atoms with Crippen molar-refractivity contribution in [3.63, 3.8) is 0 Å². The maximum Gasteiger partial charge on any atom is 0.251 e. The van der Waals surface area contributed by atoms with Crippen LogP contribution in [0.5, 0.6) is 0 Å². The monoisotopic (exact) mass is 272 g/mol. The van der Waals surface area contributed by atoms with E-state index in [1.807, 2.05) is 6.07 Å². The Hall–Kier alpha value is -1.10. The van der Waals surface area contributed by atoms with E-state index in [4.69, 9.17) is 28.9 Å². The van der Waals surface area contributed by atoms with Gasteiger partial charge in [0.25, 0.3) is 5.91 Å². The topological polar surface area (TPSA) is 56.0 Å². The molecule has 2 heterocycles. The van der Waals surface area contributed by atoms with Crippen molar-refractivity contribution in [3.8, 4) is 10.6 Å². The quantitative estimate of drug-likeness (QED) is 0.854. The van der Waals surface area contributed by atoms with Gasteiger partial charge >= 0.3 is 0 Å². The van der Waals surface area contributed by atoms with Crippen LogP contribution in [0.3, 0.4) is 0 Å². The highest BCUT2D eigenvalue weighted by atomic mass is 35.5. The molecule has 82 valence electrons. The van der Waals surface area contributed by atoms with Crippen molar-refractivity contribution >= 4 is 40.4 Å². The fourth-order valence-corrected chi connectivity index (χ4v) is 2.47. The molecule has 0 atom stereocenters. The number of primary amides is 1. The molecule has 2 rings (SSSR count). The molecule has 16 heavy (non-hydrogen) atoms. The minimum atomic E-state index is -0.590. The number of carbonyl (C=O) groups excluding carboxylic acids is 1. The summed E-state index contributed by atoms with van der Waals surface area (Å²) >= 11 is 13.0. The van der Waals surface area contributed by atoms with Gasteiger partial charge in [0, 0.05) is 0 Å². The smallest absolute Gasteiger partial charge is 0.251 e. The number of pyridine rings is 1. The number of nitrogens with zero attached hydrogens (tertiary/aromatic N) is 1. The van der Waals surface area contributed by atoms with Gasteiger partial charge in [0.1, 0.15) is 5.15 Å². The summed E-state index contributed by atoms with van der Waals surface area (Å²) in [4.78, 5) is 15.9. The largest absolute Gasteiger partial charge is 0.366 e. The molecule has 3 nitrogen and oxygen atoms in total. The van der Waals surface area contributed by atoms with E-state index in [0.717, 1.165) is 4.88 Å². The highest BCUT2D eigenvalue weighted by molar-refractivity contribution is 7.19. The van der Waals surface area contributed by atoms with Crippen molar-refractivity contribution in [1.82, 2.24) is 4.98 Å². The Morgan fingerprint density at radius 2 is 2.00 bits per heavy atom. The average molecular weight is 273 g/mol. The van der Waals surface area contributed by atoms with Crippen molar-refractivity contribution in [1.29, 1.82) is 0 Å². The summed E-state index contributed by atoms with van der Waals surface area (Å²) in [5.74, 6) is -0.590. The van der Waals surface area contributed by atoms with Gasteiger partial charge in [-0.15, -0.1) is 11.3 Å². The lowest BCUT2D eigenvalue weighted by Gasteiger charge is -2.01. The molecule has 2 N–H and O–H groups in total. The van der Waals surface area contributed by atoms with Crippen LogP contribution in [-0.2, 0) is 0 Å². The molecule has 0 bridgehead atoms. The van der Waals surface area contributed by atoms with Crippen LogP contribution < -0.4 is 5.73 Å². The van der Waals surface area contributed by atoms with Crippen LogP contribution in [0, 0.1) is 0 Å². The van der Waals surface area contributed by atoms with Gasteiger partial charge in [-0.1, -0.05) is 23.2 Å². The molecule has 0 fully saturated rings. The molecular formula is C10H6Cl2N2OS. The SMILES string of the molecule is NC(=O)c1ccc(-c2ccc(Cl)s2)nc1Cl. The first-order valence-electron chi connectivity index (χ1n) is 4.30. The summed E-state index contributed by atoms with van der Waals surface area (Å²) in [6.45, 7) is 0. The van der Waals surface area contributed by atoms with E-state index < -0.39 is 5.91 Å². The molecule has 0 saturated heterocycles. The summed E-state index contributed by atoms with van der Waals surface area (Å²) in [6, 6.07) is 6.86. The molecule has 0 unspecified atom stereocenters. The minimum Gasteiger partial charge on any atom is -0.366 e. The predicted molar refractivity (Wildman–Crippen MR) is 66.1 cm³/mol. The van der Waals surface area contributed by atoms with E-state index in [2.05, 4.69) is 4.98 Å². The molecule has 1 amide bonds. The van der Waals surface area contributed by atoms with E-state index in [1.54, 1.807) is 18.2 Å². The van der Waals surface area contributed by atoms with Gasteiger partial charge in [-0.25, -0.2) is 4.98 Å². The molecule has 0 aliphatic heterocycles. The standard InChI is InChI=1S/C10H6Cl2N2OS/c11-8-4-3-7(16-8)6-2-1-5(10(13)15)9(12)14-6/h1-4H,(H2,13,15). The first-order chi connectivity index (χ1) is 7.58. The number of hydrogen-bond acceptors (Lipinski definition) is 3. The number of halogens is 2. The molecule has 6 heteroatoms. The van der Waals surface area contributed by atoms with Gasteiger partial charge < -0.3 is 5.73 Å². The van der Waals surface area contributed by atoms with Gasteiger partial charge in [0.15, 0.2) is 0 Å². The molecule has 2 aromatic rings. The minimum absolute atomic E-state index is 0.106. The molecule has 0 spiro atoms. The van der Waals surface area contributed by atoms with Gasteiger partial charge in [-0.05, 0) is 24.3 Å². The summed E-state index contributed by atoms with van der Waals surface area (Å²) in [7, 11) is 0. The van der Waals surface area contributed by atoms with Crippen LogP contribution in [0.2, 0.25) is 9.49 Å². The van der Waals surface area contributed by atoms with Gasteiger partial charge in [-0.2, -0.15) is 0 Å². The number of rotatable bonds is 2. The third kappa shape index (κ3) is 2.19. The Balaban J connectivity index is 2.45. The second-order valence-electron chi connectivity index (χ2n) is 3.00. The lowest BCUT2D eigenvalue weighted by Crippen LogP contribution is -2.12. The van der Waals surface area contributed by atoms with Crippen LogP contribution in [-0.4, -0.2) is 10.9 Å². The second-order valence-corrected chi connectivity index (χ2v) is 5.08. The lowest BCUT2D eigenvalue weighted by molar-refractivity contribution is 0.1000. The Morgan fingerprint density at radius 1 is 1.25 bits per heavy atom. The number of aromatic nitrogens is 1. The van der Waals surface area contributed by atoms with Crippen molar-refractivity contribution < 1.29 is 4.79 Å². The Bertz CT molecular complexity index is 554. The van der Waals surface area contributed by atoms with E-state index in [1.165, 1.54) is 11.3 Å². The van der Waals surface area contributed by atoms with Crippen molar-refractivity contribution in [2.24, 2.45) is 5.73 Å². The summed E-state index contributed by atoms with van der Waals surface area (Å²) in [6.07, 6.45) is 0. The predicted octanol–water partition coefficient (Wildman–Crippen LogP) is 3.22. The molecule has 0 aliphatic rings. The second kappa shape index (κ2) is 4.41. The van der Waals surface area contributed by atoms with Crippen molar-refractivity contribution in [2.75, 3.05) is 0 Å². The number of carbonyl (C=O) groups is 1. The van der Waals surface area contributed by atoms with E-state index in [9.17, 15) is 4.79 Å². The molecule has 0 saturated carbocycles. The zero-order valence-corrected chi connectivity index (χ0v) is 10.2. The van der Waals surface area contributed by atoms with Gasteiger partial charge in [0.2, 0.25) is 0 Å². The van der Waals surface area contributed by atoms with E-state index in [-0.39, 0.29) is 10.7 Å². The average Bonchev–Trinajstić information content (AvgIpc) is 2.64. The van der Waals surface area contributed by atoms with Crippen LogP contribution in [0.25, 0.3) is 10.6 Å². The molecular weight excluding hydrogens is 267 g/mol. The Kier molecular flexibility index (Phi) is 3.14. The fourth-order valence-electron chi connectivity index (χ4n) is 1.21. The number of nitrogens with two attached hydrogens (primary N) is 1. The number of hydrogen-bond donors (Lipinski definition) is 1. The lowest BCUT2D eigenvalue weighted by atomic mass is 10.2. The normalized spacial score (nSPS) is 10.4. The fraction of sp³-hybridized carbons (Fsp3) is 0. The summed E-state index contributed by atoms with van der Waals surface area (Å²) in [5, 5.41) is 0.106. The van der Waals surface area contributed by atoms with E-state index in [0.29, 0.717) is 10.0 Å². The third-order valence-electron chi connectivity index (χ3n) is 1.94. The van der Waals surface area contributed by atoms with Crippen LogP contribution in [0.4, 0.5) is 0 Å². The summed E-state index contributed by atoms with van der Waals surface area (Å²) < 4.78 is 0.673. The molecule has 0 aromatic carbocycles. The van der Waals surface area contributed by atoms with Crippen LogP contribution in [0.1, 0.15) is 10.4 Å². The summed E-state index contributed by atoms with van der Waals surface area (Å²) in [5.41, 5.74) is 6.01. The van der Waals surface area contributed by atoms with Crippen molar-refractivity contribution in [2.45, 2.75) is 0 Å². The van der Waals surface area contributed by atoms with Crippen molar-refractivity contribution in [3.05, 3.63) is 39.3 Å². The Morgan fingerprint density at radius 3 is 2.50 bits per heavy atom. The molecule has 0 aliphatic carbocycles. The maximum atomic E-state index is 11.0. The maximum absolute atomic E-state index is 11.0. The zero-order valence-electron chi connectivity index (χ0n) is 7.91. The van der Waals surface area contributed by atoms with E-state index >= 15 is 0 Å². The highest BCUT2D eigenvalue weighted by Crippen LogP contribution is 2.30. The van der Waals surface area contributed by atoms with Gasteiger partial charge in [0.05, 0.1) is 20.5 Å². The third-order valence-corrected chi connectivity index (χ3v) is 3.48. The first-order valence-corrected chi connectivity index (χ1v) is 5.87. The Labute approximate surface area is 106 Å². The number of amides is 1. The first kappa shape index (κ1) is 11.4. The van der Waals surface area contributed by atoms with Crippen LogP contribution >= 0.6 is 34.5 Å². The number of thiophene rings is 1. The van der Waals surface area contributed by atoms with Gasteiger partial charge in [-0.3, -0.25) is 4.79 Å². The highest BCUT2D eigenvalue weighted by Gasteiger charge is 2.10. The zero-order chi connectivity index (χ0) is 11.7. The molecule has 0 radical (unpaired) electrons.